The SMILES string of the molecule is COc1ccc(CCNC(C)(C)CN)cc1C. The van der Waals surface area contributed by atoms with Crippen molar-refractivity contribution in [1.82, 2.24) is 5.32 Å². The maximum absolute atomic E-state index is 5.67. The van der Waals surface area contributed by atoms with Crippen LogP contribution in [-0.2, 0) is 6.42 Å². The van der Waals surface area contributed by atoms with E-state index in [9.17, 15) is 0 Å². The van der Waals surface area contributed by atoms with Crippen LogP contribution in [0.3, 0.4) is 0 Å². The van der Waals surface area contributed by atoms with Gasteiger partial charge in [0.2, 0.25) is 0 Å². The molecule has 0 saturated heterocycles. The average molecular weight is 236 g/mol. The molecule has 17 heavy (non-hydrogen) atoms. The number of aryl methyl sites for hydroxylation is 1. The van der Waals surface area contributed by atoms with E-state index in [1.807, 2.05) is 6.07 Å². The minimum atomic E-state index is 0.0154. The van der Waals surface area contributed by atoms with E-state index in [2.05, 4.69) is 38.2 Å². The Hall–Kier alpha value is -1.06. The number of hydrogen-bond donors (Lipinski definition) is 2. The molecule has 0 fully saturated rings. The largest absolute Gasteiger partial charge is 0.496 e. The van der Waals surface area contributed by atoms with Crippen LogP contribution in [0.25, 0.3) is 0 Å². The zero-order chi connectivity index (χ0) is 12.9. The highest BCUT2D eigenvalue weighted by Gasteiger charge is 2.13. The van der Waals surface area contributed by atoms with Crippen LogP contribution >= 0.6 is 0 Å². The molecule has 1 aromatic carbocycles. The number of ether oxygens (including phenoxy) is 1. The lowest BCUT2D eigenvalue weighted by atomic mass is 10.0. The van der Waals surface area contributed by atoms with Gasteiger partial charge in [-0.3, -0.25) is 0 Å². The molecule has 1 aromatic rings. The summed E-state index contributed by atoms with van der Waals surface area (Å²) in [6.45, 7) is 7.89. The number of rotatable bonds is 6. The molecule has 3 nitrogen and oxygen atoms in total. The van der Waals surface area contributed by atoms with Gasteiger partial charge in [-0.25, -0.2) is 0 Å². The van der Waals surface area contributed by atoms with Gasteiger partial charge in [0, 0.05) is 12.1 Å². The Morgan fingerprint density at radius 3 is 2.59 bits per heavy atom. The van der Waals surface area contributed by atoms with Crippen LogP contribution in [0.2, 0.25) is 0 Å². The second-order valence-corrected chi connectivity index (χ2v) is 5.07. The van der Waals surface area contributed by atoms with Crippen molar-refractivity contribution in [2.75, 3.05) is 20.2 Å². The normalized spacial score (nSPS) is 11.6. The Morgan fingerprint density at radius 1 is 1.35 bits per heavy atom. The molecule has 0 spiro atoms. The molecule has 0 saturated carbocycles. The van der Waals surface area contributed by atoms with Crippen molar-refractivity contribution in [2.45, 2.75) is 32.7 Å². The lowest BCUT2D eigenvalue weighted by Crippen LogP contribution is -2.46. The summed E-state index contributed by atoms with van der Waals surface area (Å²) in [5.41, 5.74) is 8.19. The summed E-state index contributed by atoms with van der Waals surface area (Å²) in [5, 5.41) is 3.45. The molecule has 0 heterocycles. The third-order valence-corrected chi connectivity index (χ3v) is 2.99. The highest BCUT2D eigenvalue weighted by molar-refractivity contribution is 5.36. The molecular formula is C14H24N2O. The summed E-state index contributed by atoms with van der Waals surface area (Å²) in [4.78, 5) is 0. The number of nitrogens with one attached hydrogen (secondary N) is 1. The molecule has 0 aliphatic carbocycles. The van der Waals surface area contributed by atoms with Gasteiger partial charge in [-0.05, 0) is 50.9 Å². The summed E-state index contributed by atoms with van der Waals surface area (Å²) in [6, 6.07) is 6.32. The first kappa shape index (κ1) is 14.0. The van der Waals surface area contributed by atoms with Crippen LogP contribution < -0.4 is 15.8 Å². The van der Waals surface area contributed by atoms with Crippen molar-refractivity contribution in [3.8, 4) is 5.75 Å². The molecule has 3 heteroatoms. The van der Waals surface area contributed by atoms with E-state index in [0.717, 1.165) is 18.7 Å². The lowest BCUT2D eigenvalue weighted by Gasteiger charge is -2.24. The van der Waals surface area contributed by atoms with Gasteiger partial charge in [0.1, 0.15) is 5.75 Å². The van der Waals surface area contributed by atoms with E-state index < -0.39 is 0 Å². The highest BCUT2D eigenvalue weighted by Crippen LogP contribution is 2.18. The van der Waals surface area contributed by atoms with Crippen molar-refractivity contribution in [1.29, 1.82) is 0 Å². The molecule has 1 rings (SSSR count). The van der Waals surface area contributed by atoms with Crippen LogP contribution in [0.1, 0.15) is 25.0 Å². The van der Waals surface area contributed by atoms with Crippen LogP contribution in [-0.4, -0.2) is 25.7 Å². The Labute approximate surface area is 104 Å². The highest BCUT2D eigenvalue weighted by atomic mass is 16.5. The molecular weight excluding hydrogens is 212 g/mol. The van der Waals surface area contributed by atoms with Gasteiger partial charge in [0.05, 0.1) is 7.11 Å². The number of hydrogen-bond acceptors (Lipinski definition) is 3. The molecule has 3 N–H and O–H groups in total. The maximum Gasteiger partial charge on any atom is 0.121 e. The van der Waals surface area contributed by atoms with Crippen molar-refractivity contribution in [3.05, 3.63) is 29.3 Å². The Kier molecular flexibility index (Phi) is 4.97. The number of methoxy groups -OCH3 is 1. The third-order valence-electron chi connectivity index (χ3n) is 2.99. The minimum absolute atomic E-state index is 0.0154. The second-order valence-electron chi connectivity index (χ2n) is 5.07. The van der Waals surface area contributed by atoms with Crippen molar-refractivity contribution in [3.63, 3.8) is 0 Å². The molecule has 0 aliphatic heterocycles. The van der Waals surface area contributed by atoms with Crippen LogP contribution in [0.5, 0.6) is 5.75 Å². The van der Waals surface area contributed by atoms with Gasteiger partial charge < -0.3 is 15.8 Å². The zero-order valence-electron chi connectivity index (χ0n) is 11.3. The molecule has 96 valence electrons. The van der Waals surface area contributed by atoms with Gasteiger partial charge in [-0.1, -0.05) is 12.1 Å². The fourth-order valence-corrected chi connectivity index (χ4v) is 1.71. The van der Waals surface area contributed by atoms with Crippen molar-refractivity contribution >= 4 is 0 Å². The first-order valence-corrected chi connectivity index (χ1v) is 6.07. The molecule has 0 amide bonds. The Morgan fingerprint density at radius 2 is 2.06 bits per heavy atom. The summed E-state index contributed by atoms with van der Waals surface area (Å²) < 4.78 is 5.24. The van der Waals surface area contributed by atoms with E-state index >= 15 is 0 Å². The monoisotopic (exact) mass is 236 g/mol. The van der Waals surface area contributed by atoms with Crippen LogP contribution in [0, 0.1) is 6.92 Å². The molecule has 0 aromatic heterocycles. The fraction of sp³-hybridized carbons (Fsp3) is 0.571. The van der Waals surface area contributed by atoms with Gasteiger partial charge >= 0.3 is 0 Å². The summed E-state index contributed by atoms with van der Waals surface area (Å²) in [6.07, 6.45) is 1.01. The smallest absolute Gasteiger partial charge is 0.121 e. The number of benzene rings is 1. The molecule has 0 radical (unpaired) electrons. The predicted molar refractivity (Wildman–Crippen MR) is 72.6 cm³/mol. The van der Waals surface area contributed by atoms with Gasteiger partial charge in [0.25, 0.3) is 0 Å². The lowest BCUT2D eigenvalue weighted by molar-refractivity contribution is 0.401. The second kappa shape index (κ2) is 6.03. The van der Waals surface area contributed by atoms with E-state index in [0.29, 0.717) is 6.54 Å². The standard InChI is InChI=1S/C14H24N2O/c1-11-9-12(5-6-13(11)17-4)7-8-16-14(2,3)10-15/h5-6,9,16H,7-8,10,15H2,1-4H3. The van der Waals surface area contributed by atoms with Gasteiger partial charge in [-0.2, -0.15) is 0 Å². The average Bonchev–Trinajstić information content (AvgIpc) is 2.29. The Balaban J connectivity index is 2.50. The molecule has 0 aliphatic rings. The minimum Gasteiger partial charge on any atom is -0.496 e. The molecule has 0 unspecified atom stereocenters. The quantitative estimate of drug-likeness (QED) is 0.792. The topological polar surface area (TPSA) is 47.3 Å². The molecule has 0 bridgehead atoms. The maximum atomic E-state index is 5.67. The fourth-order valence-electron chi connectivity index (χ4n) is 1.71. The summed E-state index contributed by atoms with van der Waals surface area (Å²) in [5.74, 6) is 0.948. The van der Waals surface area contributed by atoms with E-state index in [1.54, 1.807) is 7.11 Å². The van der Waals surface area contributed by atoms with Crippen LogP contribution in [0.4, 0.5) is 0 Å². The van der Waals surface area contributed by atoms with Gasteiger partial charge in [-0.15, -0.1) is 0 Å². The van der Waals surface area contributed by atoms with E-state index in [-0.39, 0.29) is 5.54 Å². The van der Waals surface area contributed by atoms with Crippen LogP contribution in [0.15, 0.2) is 18.2 Å². The Bertz CT molecular complexity index is 361. The summed E-state index contributed by atoms with van der Waals surface area (Å²) in [7, 11) is 1.70. The third kappa shape index (κ3) is 4.36. The van der Waals surface area contributed by atoms with Crippen molar-refractivity contribution in [2.24, 2.45) is 5.73 Å². The van der Waals surface area contributed by atoms with Crippen molar-refractivity contribution < 1.29 is 4.74 Å². The predicted octanol–water partition coefficient (Wildman–Crippen LogP) is 1.87. The number of nitrogens with two attached hydrogens (primary N) is 1. The van der Waals surface area contributed by atoms with Gasteiger partial charge in [0.15, 0.2) is 0 Å². The van der Waals surface area contributed by atoms with E-state index in [4.69, 9.17) is 10.5 Å². The van der Waals surface area contributed by atoms with E-state index in [1.165, 1.54) is 11.1 Å². The first-order chi connectivity index (χ1) is 7.98. The summed E-state index contributed by atoms with van der Waals surface area (Å²) >= 11 is 0. The first-order valence-electron chi connectivity index (χ1n) is 6.07. The molecule has 0 atom stereocenters. The zero-order valence-corrected chi connectivity index (χ0v) is 11.3.